The number of guanidine groups is 1. The van der Waals surface area contributed by atoms with E-state index in [-0.39, 0.29) is 138 Å². The molecule has 17 N–H and O–H groups in total. The molecule has 16 rings (SSSR count). The average molecular weight is 1530 g/mol. The van der Waals surface area contributed by atoms with Crippen molar-refractivity contribution in [1.82, 2.24) is 70.9 Å². The van der Waals surface area contributed by atoms with Gasteiger partial charge < -0.3 is 79.5 Å². The summed E-state index contributed by atoms with van der Waals surface area (Å²) in [5, 5.41) is 12.5. The second kappa shape index (κ2) is 29.8. The summed E-state index contributed by atoms with van der Waals surface area (Å²) in [5.41, 5.74) is 36.4. The summed E-state index contributed by atoms with van der Waals surface area (Å²) in [5.74, 6) is 0.638. The molecule has 9 aliphatic heterocycles. The van der Waals surface area contributed by atoms with Crippen molar-refractivity contribution < 1.29 is 38.2 Å². The summed E-state index contributed by atoms with van der Waals surface area (Å²) >= 11 is 17.7. The zero-order chi connectivity index (χ0) is 76.1. The van der Waals surface area contributed by atoms with E-state index in [1.54, 1.807) is 0 Å². The van der Waals surface area contributed by atoms with Crippen LogP contribution in [0.1, 0.15) is 183 Å². The Kier molecular flexibility index (Phi) is 20.5. The number of hydrogen-bond donors (Lipinski definition) is 11. The first-order valence-electron chi connectivity index (χ1n) is 36.2. The van der Waals surface area contributed by atoms with Crippen molar-refractivity contribution in [2.45, 2.75) is 201 Å². The van der Waals surface area contributed by atoms with Crippen LogP contribution in [0.3, 0.4) is 0 Å². The van der Waals surface area contributed by atoms with E-state index in [0.717, 1.165) is 123 Å². The number of aliphatic imine (C=N–C) groups is 3. The van der Waals surface area contributed by atoms with E-state index < -0.39 is 23.3 Å². The lowest BCUT2D eigenvalue weighted by atomic mass is 9.81. The summed E-state index contributed by atoms with van der Waals surface area (Å²) in [6.07, 6.45) is 16.0. The number of nitrogens with one attached hydrogen (secondary N) is 5. The molecule has 6 saturated heterocycles. The number of halogens is 3. The fourth-order valence-electron chi connectivity index (χ4n) is 17.1. The van der Waals surface area contributed by atoms with Gasteiger partial charge in [0.15, 0.2) is 73.4 Å². The number of nitrogens with two attached hydrogens (primary N) is 6. The number of H-pyrrole nitrogens is 1. The van der Waals surface area contributed by atoms with Crippen molar-refractivity contribution in [3.63, 3.8) is 0 Å². The molecule has 3 spiro atoms. The summed E-state index contributed by atoms with van der Waals surface area (Å²) in [7, 11) is 0. The van der Waals surface area contributed by atoms with Crippen LogP contribution < -0.4 is 60.4 Å². The van der Waals surface area contributed by atoms with Crippen LogP contribution >= 0.6 is 34.8 Å². The van der Waals surface area contributed by atoms with E-state index in [0.29, 0.717) is 56.5 Å². The minimum Gasteiger partial charge on any atom is -0.489 e. The van der Waals surface area contributed by atoms with Gasteiger partial charge in [-0.3, -0.25) is 44.3 Å². The Bertz CT molecular complexity index is 4760. The fraction of sp³-hybridized carbons (Fsp3) is 0.446. The maximum absolute atomic E-state index is 13.6. The third-order valence-electron chi connectivity index (χ3n) is 21.8. The number of carbonyl (C=O) groups is 6. The Hall–Kier alpha value is -10.7. The van der Waals surface area contributed by atoms with Crippen molar-refractivity contribution >= 4 is 134 Å². The van der Waals surface area contributed by atoms with Gasteiger partial charge in [-0.1, -0.05) is 83.3 Å². The molecular formula is C74H86Cl3N23O8. The van der Waals surface area contributed by atoms with E-state index in [4.69, 9.17) is 88.7 Å². The maximum Gasteiger partial charge on any atom is 0.410 e. The number of hydrogen-bond acceptors (Lipinski definition) is 24. The third kappa shape index (κ3) is 15.7. The average Bonchev–Trinajstić information content (AvgIpc) is 1.89. The van der Waals surface area contributed by atoms with Crippen molar-refractivity contribution in [1.29, 1.82) is 0 Å². The minimum absolute atomic E-state index is 0.0256. The predicted octanol–water partition coefficient (Wildman–Crippen LogP) is 8.51. The smallest absolute Gasteiger partial charge is 0.410 e. The van der Waals surface area contributed by atoms with Gasteiger partial charge in [-0.05, 0) is 159 Å². The van der Waals surface area contributed by atoms with Crippen LogP contribution in [0, 0.1) is 0 Å². The van der Waals surface area contributed by atoms with Gasteiger partial charge in [0.2, 0.25) is 5.91 Å². The number of aromatic amines is 1. The highest BCUT2D eigenvalue weighted by molar-refractivity contribution is 6.32. The van der Waals surface area contributed by atoms with Crippen LogP contribution in [-0.2, 0) is 22.6 Å². The lowest BCUT2D eigenvalue weighted by Gasteiger charge is -2.44. The molecule has 4 aromatic heterocycles. The molecule has 31 nitrogen and oxygen atoms in total. The number of ether oxygens (including phenoxy) is 2. The molecule has 6 atom stereocenters. The molecule has 0 aliphatic carbocycles. The van der Waals surface area contributed by atoms with Crippen LogP contribution in [0.2, 0.25) is 15.5 Å². The van der Waals surface area contributed by atoms with Crippen molar-refractivity contribution in [2.75, 3.05) is 40.9 Å². The Labute approximate surface area is 637 Å². The Balaban J connectivity index is 0.000000137. The minimum atomic E-state index is -0.573. The molecule has 34 heteroatoms. The van der Waals surface area contributed by atoms with E-state index in [1.807, 2.05) is 111 Å². The normalized spacial score (nSPS) is 24.8. The molecule has 6 fully saturated rings. The quantitative estimate of drug-likeness (QED) is 0.0611. The number of amidine groups is 2. The molecule has 9 aliphatic rings. The highest BCUT2D eigenvalue weighted by Crippen LogP contribution is 2.50. The molecular weight excluding hydrogens is 1450 g/mol. The Morgan fingerprint density at radius 3 is 1.53 bits per heavy atom. The number of nitrogen functional groups attached to an aromatic ring is 6. The van der Waals surface area contributed by atoms with Gasteiger partial charge >= 0.3 is 6.09 Å². The van der Waals surface area contributed by atoms with E-state index in [9.17, 15) is 28.8 Å². The number of carbonyl (C=O) groups excluding carboxylic acids is 6. The largest absolute Gasteiger partial charge is 0.489 e. The number of benzene rings is 3. The number of aromatic nitrogens is 7. The third-order valence-corrected chi connectivity index (χ3v) is 22.6. The number of rotatable bonds is 10. The second-order valence-corrected chi connectivity index (χ2v) is 31.4. The molecule has 7 aromatic rings. The first-order chi connectivity index (χ1) is 51.6. The molecule has 3 aromatic carbocycles. The number of anilines is 6. The maximum atomic E-state index is 13.6. The lowest BCUT2D eigenvalue weighted by molar-refractivity contribution is -0.136. The summed E-state index contributed by atoms with van der Waals surface area (Å²) in [6, 6.07) is 26.5. The number of fused-ring (bicyclic) bond motifs is 7. The summed E-state index contributed by atoms with van der Waals surface area (Å²) < 4.78 is 11.5. The van der Waals surface area contributed by atoms with Crippen LogP contribution in [0.15, 0.2) is 100 Å². The molecule has 6 bridgehead atoms. The number of aryl methyl sites for hydroxylation is 1. The molecule has 108 heavy (non-hydrogen) atoms. The van der Waals surface area contributed by atoms with E-state index in [2.05, 4.69) is 70.9 Å². The Morgan fingerprint density at radius 2 is 1.03 bits per heavy atom. The molecule has 0 radical (unpaired) electrons. The molecule has 0 saturated carbocycles. The zero-order valence-corrected chi connectivity index (χ0v) is 62.2. The second-order valence-electron chi connectivity index (χ2n) is 30.3. The summed E-state index contributed by atoms with van der Waals surface area (Å²) in [6.45, 7) is 6.66. The SMILES string of the molecule is CC(C)(C)OC(=O)N1C2CCC1CC1(CCC(NC(=O)c3nc(Cl)c(N)nc3N)=N1)C2.Nc1nc(N)c(C(=O)NC2=NC3(CC2)CC2CCC(C3)N2C(=O)c2cccc3[nH]ccc23)nc1Cl.Nc1nc(N)c(C(=O)NC2=NCC3(CC4CCC(C3)N4C(=O)CCc3ccc(OCc4ccccc4)cc3)N2)nc1Cl. The first-order valence-corrected chi connectivity index (χ1v) is 37.4. The van der Waals surface area contributed by atoms with Crippen molar-refractivity contribution in [3.8, 4) is 5.75 Å². The van der Waals surface area contributed by atoms with Gasteiger partial charge in [0.05, 0.1) is 23.2 Å². The van der Waals surface area contributed by atoms with Crippen LogP contribution in [-0.4, -0.2) is 168 Å². The van der Waals surface area contributed by atoms with Crippen molar-refractivity contribution in [2.24, 2.45) is 15.0 Å². The van der Waals surface area contributed by atoms with Gasteiger partial charge in [-0.25, -0.2) is 34.7 Å². The van der Waals surface area contributed by atoms with Crippen LogP contribution in [0.25, 0.3) is 10.9 Å². The predicted molar refractivity (Wildman–Crippen MR) is 410 cm³/mol. The molecule has 6 unspecified atom stereocenters. The topological polar surface area (TPSA) is 465 Å². The number of amides is 6. The highest BCUT2D eigenvalue weighted by Gasteiger charge is 2.55. The monoisotopic (exact) mass is 1530 g/mol. The lowest BCUT2D eigenvalue weighted by Crippen LogP contribution is -2.60. The highest BCUT2D eigenvalue weighted by atomic mass is 35.5. The van der Waals surface area contributed by atoms with Gasteiger partial charge in [0, 0.05) is 78.2 Å². The standard InChI is InChI=1S/C30H33ClN8O3.C24H25ClN8O2.C20H28ClN7O3/c31-25-27(33)36-26(32)24(35-25)28(41)37-29-34-17-30(38-29)14-20-9-10-21(15-30)39(20)23(40)13-8-18-6-11-22(12-7-18)42-16-19-4-2-1-3-5-19;25-19-21(27)31-20(26)18(30-19)22(34)29-17-6-8-24(32-17)10-12-4-5-13(11-24)33(12)23(35)15-2-1-3-16-14(15)7-9-28-16;1-19(2,3)31-18(30)28-10-4-5-11(28)9-20(8-10)7-6-12(27-20)24-17(29)13-15(22)26-16(23)14(21)25-13/h1-7,11-12,20-21H,8-10,13-17H2,(H4,32,33,36)(H2,34,37,38,41);1-3,7,9,12-13,28H,4-6,8,10-11H2,(H4,26,27,31)(H,29,32,34);10-11H,4-9H2,1-3H3,(H4,22,23,26)(H,24,27,29). The Morgan fingerprint density at radius 1 is 0.546 bits per heavy atom. The number of nitrogens with zero attached hydrogens (tertiary/aromatic N) is 12. The summed E-state index contributed by atoms with van der Waals surface area (Å²) in [4.78, 5) is 125. The molecule has 13 heterocycles. The van der Waals surface area contributed by atoms with Crippen molar-refractivity contribution in [3.05, 3.63) is 134 Å². The number of piperidine rings is 3. The van der Waals surface area contributed by atoms with E-state index in [1.165, 1.54) is 0 Å². The van der Waals surface area contributed by atoms with Gasteiger partial charge in [0.1, 0.15) is 29.6 Å². The van der Waals surface area contributed by atoms with Gasteiger partial charge in [-0.15, -0.1) is 0 Å². The van der Waals surface area contributed by atoms with Crippen LogP contribution in [0.4, 0.5) is 39.7 Å². The van der Waals surface area contributed by atoms with E-state index >= 15 is 0 Å². The molecule has 566 valence electrons. The van der Waals surface area contributed by atoms with Gasteiger partial charge in [-0.2, -0.15) is 0 Å². The first kappa shape index (κ1) is 74.2. The zero-order valence-electron chi connectivity index (χ0n) is 59.9. The fourth-order valence-corrected chi connectivity index (χ4v) is 17.5. The molecule has 6 amide bonds. The van der Waals surface area contributed by atoms with Gasteiger partial charge in [0.25, 0.3) is 23.6 Å². The van der Waals surface area contributed by atoms with Crippen LogP contribution in [0.5, 0.6) is 5.75 Å².